The van der Waals surface area contributed by atoms with Gasteiger partial charge in [0.15, 0.2) is 0 Å². The maximum absolute atomic E-state index is 3.69. The van der Waals surface area contributed by atoms with Crippen molar-refractivity contribution in [1.29, 1.82) is 0 Å². The van der Waals surface area contributed by atoms with Crippen molar-refractivity contribution in [1.82, 2.24) is 0 Å². The van der Waals surface area contributed by atoms with Gasteiger partial charge in [0.1, 0.15) is 0 Å². The van der Waals surface area contributed by atoms with Crippen LogP contribution in [0.1, 0.15) is 5.56 Å². The molecule has 0 heterocycles. The topological polar surface area (TPSA) is 0 Å². The van der Waals surface area contributed by atoms with Crippen LogP contribution in [0.15, 0.2) is 51.4 Å². The largest absolute Gasteiger partial charge is 0.0616 e. The summed E-state index contributed by atoms with van der Waals surface area (Å²) >= 11 is 7.29. The number of rotatable bonds is 0. The van der Waals surface area contributed by atoms with Crippen molar-refractivity contribution >= 4 is 53.4 Å². The molecule has 0 aromatic heterocycles. The van der Waals surface area contributed by atoms with Gasteiger partial charge in [-0.3, -0.25) is 0 Å². The van der Waals surface area contributed by atoms with Crippen LogP contribution in [0.3, 0.4) is 0 Å². The molecule has 0 spiro atoms. The zero-order valence-electron chi connectivity index (χ0n) is 9.30. The van der Waals surface area contributed by atoms with Gasteiger partial charge in [-0.1, -0.05) is 40.2 Å². The third-order valence-electron chi connectivity index (χ3n) is 3.12. The van der Waals surface area contributed by atoms with Crippen LogP contribution in [0.2, 0.25) is 0 Å². The number of fused-ring (bicyclic) bond motifs is 2. The van der Waals surface area contributed by atoms with Crippen LogP contribution in [0.25, 0.3) is 21.5 Å². The second kappa shape index (κ2) is 4.11. The number of hydrogen-bond acceptors (Lipinski definition) is 0. The van der Waals surface area contributed by atoms with E-state index in [0.717, 1.165) is 4.47 Å². The Morgan fingerprint density at radius 2 is 1.47 bits per heavy atom. The van der Waals surface area contributed by atoms with Crippen molar-refractivity contribution in [2.45, 2.75) is 6.92 Å². The summed E-state index contributed by atoms with van der Waals surface area (Å²) in [5.41, 5.74) is 1.24. The van der Waals surface area contributed by atoms with Crippen LogP contribution < -0.4 is 0 Å². The Morgan fingerprint density at radius 1 is 0.824 bits per heavy atom. The summed E-state index contributed by atoms with van der Waals surface area (Å²) in [6, 6.07) is 15.1. The Kier molecular flexibility index (Phi) is 2.72. The molecule has 0 radical (unpaired) electrons. The van der Waals surface area contributed by atoms with E-state index >= 15 is 0 Å². The highest BCUT2D eigenvalue weighted by atomic mass is 79.9. The molecule has 0 aliphatic heterocycles. The summed E-state index contributed by atoms with van der Waals surface area (Å²) in [4.78, 5) is 0. The lowest BCUT2D eigenvalue weighted by Crippen LogP contribution is -1.83. The molecule has 0 nitrogen and oxygen atoms in total. The molecule has 0 atom stereocenters. The average Bonchev–Trinajstić information content (AvgIpc) is 2.34. The molecule has 84 valence electrons. The molecule has 0 aliphatic rings. The van der Waals surface area contributed by atoms with E-state index < -0.39 is 0 Å². The monoisotopic (exact) mass is 348 g/mol. The standard InChI is InChI=1S/C15H10Br2/c1-9-14(16)8-12-6-10-4-2-3-5-11(10)7-13(12)15(9)17/h2-8H,1H3. The number of halogens is 2. The van der Waals surface area contributed by atoms with Crippen molar-refractivity contribution in [3.05, 3.63) is 57.0 Å². The molecule has 17 heavy (non-hydrogen) atoms. The van der Waals surface area contributed by atoms with Gasteiger partial charge in [0.05, 0.1) is 0 Å². The second-order valence-corrected chi connectivity index (χ2v) is 5.87. The van der Waals surface area contributed by atoms with Gasteiger partial charge >= 0.3 is 0 Å². The van der Waals surface area contributed by atoms with E-state index in [4.69, 9.17) is 0 Å². The van der Waals surface area contributed by atoms with Gasteiger partial charge < -0.3 is 0 Å². The van der Waals surface area contributed by atoms with Crippen LogP contribution in [0, 0.1) is 6.92 Å². The first-order valence-electron chi connectivity index (χ1n) is 5.44. The average molecular weight is 350 g/mol. The highest BCUT2D eigenvalue weighted by Crippen LogP contribution is 2.35. The van der Waals surface area contributed by atoms with Crippen molar-refractivity contribution in [3.63, 3.8) is 0 Å². The first-order chi connectivity index (χ1) is 8.16. The molecule has 0 unspecified atom stereocenters. The fraction of sp³-hybridized carbons (Fsp3) is 0.0667. The molecule has 0 amide bonds. The fourth-order valence-corrected chi connectivity index (χ4v) is 3.39. The van der Waals surface area contributed by atoms with Crippen LogP contribution in [0.4, 0.5) is 0 Å². The molecule has 2 heteroatoms. The zero-order valence-corrected chi connectivity index (χ0v) is 12.5. The third-order valence-corrected chi connectivity index (χ3v) is 4.97. The minimum atomic E-state index is 1.15. The van der Waals surface area contributed by atoms with E-state index in [1.807, 2.05) is 0 Å². The van der Waals surface area contributed by atoms with Gasteiger partial charge in [0.2, 0.25) is 0 Å². The van der Waals surface area contributed by atoms with Gasteiger partial charge in [-0.15, -0.1) is 0 Å². The molecule has 3 rings (SSSR count). The Morgan fingerprint density at radius 3 is 2.18 bits per heavy atom. The summed E-state index contributed by atoms with van der Waals surface area (Å²) in [6.07, 6.45) is 0. The van der Waals surface area contributed by atoms with E-state index in [9.17, 15) is 0 Å². The summed E-state index contributed by atoms with van der Waals surface area (Å²) in [5, 5.41) is 5.09. The highest BCUT2D eigenvalue weighted by Gasteiger charge is 2.07. The lowest BCUT2D eigenvalue weighted by molar-refractivity contribution is 1.43. The first kappa shape index (κ1) is 11.2. The Balaban J connectivity index is 2.52. The predicted molar refractivity (Wildman–Crippen MR) is 81.6 cm³/mol. The molecular formula is C15H10Br2. The van der Waals surface area contributed by atoms with Crippen molar-refractivity contribution < 1.29 is 0 Å². The van der Waals surface area contributed by atoms with Crippen LogP contribution in [-0.4, -0.2) is 0 Å². The van der Waals surface area contributed by atoms with Crippen LogP contribution >= 0.6 is 31.9 Å². The van der Waals surface area contributed by atoms with Gasteiger partial charge in [-0.25, -0.2) is 0 Å². The normalized spacial score (nSPS) is 11.2. The fourth-order valence-electron chi connectivity index (χ4n) is 2.12. The van der Waals surface area contributed by atoms with Crippen LogP contribution in [-0.2, 0) is 0 Å². The van der Waals surface area contributed by atoms with E-state index in [1.165, 1.54) is 31.6 Å². The summed E-state index contributed by atoms with van der Waals surface area (Å²) in [6.45, 7) is 2.11. The zero-order chi connectivity index (χ0) is 12.0. The van der Waals surface area contributed by atoms with Crippen molar-refractivity contribution in [3.8, 4) is 0 Å². The number of hydrogen-bond donors (Lipinski definition) is 0. The Labute approximate surface area is 117 Å². The molecule has 0 aliphatic carbocycles. The van der Waals surface area contributed by atoms with Crippen LogP contribution in [0.5, 0.6) is 0 Å². The Hall–Kier alpha value is -0.860. The molecule has 0 fully saturated rings. The van der Waals surface area contributed by atoms with E-state index in [2.05, 4.69) is 81.2 Å². The smallest absolute Gasteiger partial charge is 0.0294 e. The molecule has 0 saturated carbocycles. The molecule has 0 N–H and O–H groups in total. The van der Waals surface area contributed by atoms with E-state index in [-0.39, 0.29) is 0 Å². The Bertz CT molecular complexity index is 730. The highest BCUT2D eigenvalue weighted by molar-refractivity contribution is 9.11. The maximum atomic E-state index is 3.69. The molecule has 0 saturated heterocycles. The predicted octanol–water partition coefficient (Wildman–Crippen LogP) is 5.83. The van der Waals surface area contributed by atoms with Gasteiger partial charge in [0, 0.05) is 8.95 Å². The molecular weight excluding hydrogens is 340 g/mol. The minimum Gasteiger partial charge on any atom is -0.0616 e. The van der Waals surface area contributed by atoms with Crippen molar-refractivity contribution in [2.75, 3.05) is 0 Å². The van der Waals surface area contributed by atoms with E-state index in [0.29, 0.717) is 0 Å². The molecule has 3 aromatic carbocycles. The van der Waals surface area contributed by atoms with E-state index in [1.54, 1.807) is 0 Å². The lowest BCUT2D eigenvalue weighted by atomic mass is 10.0. The number of benzene rings is 3. The first-order valence-corrected chi connectivity index (χ1v) is 7.02. The second-order valence-electron chi connectivity index (χ2n) is 4.22. The van der Waals surface area contributed by atoms with Crippen molar-refractivity contribution in [2.24, 2.45) is 0 Å². The summed E-state index contributed by atoms with van der Waals surface area (Å²) in [7, 11) is 0. The quantitative estimate of drug-likeness (QED) is 0.448. The maximum Gasteiger partial charge on any atom is 0.0294 e. The SMILES string of the molecule is Cc1c(Br)cc2cc3ccccc3cc2c1Br. The third kappa shape index (κ3) is 1.80. The minimum absolute atomic E-state index is 1.15. The van der Waals surface area contributed by atoms with Gasteiger partial charge in [0.25, 0.3) is 0 Å². The van der Waals surface area contributed by atoms with Gasteiger partial charge in [-0.2, -0.15) is 0 Å². The molecule has 3 aromatic rings. The molecule has 0 bridgehead atoms. The lowest BCUT2D eigenvalue weighted by Gasteiger charge is -2.08. The summed E-state index contributed by atoms with van der Waals surface area (Å²) in [5.74, 6) is 0. The van der Waals surface area contributed by atoms with Gasteiger partial charge in [-0.05, 0) is 68.2 Å². The summed E-state index contributed by atoms with van der Waals surface area (Å²) < 4.78 is 2.32.